The second-order valence-corrected chi connectivity index (χ2v) is 11.9. The van der Waals surface area contributed by atoms with Crippen LogP contribution in [0.5, 0.6) is 0 Å². The van der Waals surface area contributed by atoms with E-state index in [9.17, 15) is 4.79 Å². The van der Waals surface area contributed by atoms with Crippen molar-refractivity contribution in [2.24, 2.45) is 0 Å². The maximum Gasteiger partial charge on any atom is 0.237 e. The summed E-state index contributed by atoms with van der Waals surface area (Å²) in [7, 11) is 0. The Morgan fingerprint density at radius 1 is 0.892 bits per heavy atom. The molecule has 6 rings (SSSR count). The van der Waals surface area contributed by atoms with Crippen molar-refractivity contribution < 1.29 is 4.79 Å². The van der Waals surface area contributed by atoms with E-state index in [1.165, 1.54) is 15.1 Å². The van der Waals surface area contributed by atoms with Crippen LogP contribution < -0.4 is 5.32 Å². The lowest BCUT2D eigenvalue weighted by Crippen LogP contribution is -2.35. The largest absolute Gasteiger partial charge is 0.316 e. The summed E-state index contributed by atoms with van der Waals surface area (Å²) in [6.07, 6.45) is 0.964. The Balaban J connectivity index is 1.43. The number of nitrogens with one attached hydrogen (secondary N) is 1. The van der Waals surface area contributed by atoms with E-state index in [1.807, 2.05) is 66.7 Å². The Morgan fingerprint density at radius 2 is 1.54 bits per heavy atom. The van der Waals surface area contributed by atoms with Gasteiger partial charge in [-0.1, -0.05) is 72.8 Å². The molecule has 0 atom stereocenters. The molecule has 1 aliphatic heterocycles. The van der Waals surface area contributed by atoms with Crippen molar-refractivity contribution in [1.29, 1.82) is 0 Å². The van der Waals surface area contributed by atoms with Crippen molar-refractivity contribution in [3.05, 3.63) is 106 Å². The zero-order valence-electron chi connectivity index (χ0n) is 21.0. The fourth-order valence-corrected chi connectivity index (χ4v) is 7.51. The number of fused-ring (bicyclic) bond motifs is 2. The van der Waals surface area contributed by atoms with Gasteiger partial charge in [-0.3, -0.25) is 9.69 Å². The topological polar surface area (TPSA) is 45.2 Å². The van der Waals surface area contributed by atoms with Crippen LogP contribution in [0, 0.1) is 0 Å². The van der Waals surface area contributed by atoms with Crippen molar-refractivity contribution in [1.82, 2.24) is 9.88 Å². The first-order valence-electron chi connectivity index (χ1n) is 12.7. The summed E-state index contributed by atoms with van der Waals surface area (Å²) >= 11 is 3.43. The highest BCUT2D eigenvalue weighted by molar-refractivity contribution is 7.22. The molecule has 0 bridgehead atoms. The lowest BCUT2D eigenvalue weighted by Gasteiger charge is -2.30. The first-order valence-corrected chi connectivity index (χ1v) is 14.4. The number of carbonyl (C=O) groups excluding carboxylic acids is 1. The third-order valence-electron chi connectivity index (χ3n) is 7.09. The molecule has 0 unspecified atom stereocenters. The van der Waals surface area contributed by atoms with Crippen LogP contribution in [-0.2, 0) is 17.8 Å². The molecule has 186 valence electrons. The van der Waals surface area contributed by atoms with E-state index >= 15 is 0 Å². The molecule has 3 heterocycles. The van der Waals surface area contributed by atoms with E-state index in [0.29, 0.717) is 6.04 Å². The molecule has 0 fully saturated rings. The molecule has 4 nitrogen and oxygen atoms in total. The molecule has 2 aromatic heterocycles. The van der Waals surface area contributed by atoms with Crippen LogP contribution in [0.1, 0.15) is 41.3 Å². The van der Waals surface area contributed by atoms with Gasteiger partial charge < -0.3 is 5.32 Å². The zero-order chi connectivity index (χ0) is 25.4. The number of carbonyl (C=O) groups is 1. The van der Waals surface area contributed by atoms with Gasteiger partial charge in [-0.25, -0.2) is 4.98 Å². The van der Waals surface area contributed by atoms with Gasteiger partial charge in [0.25, 0.3) is 0 Å². The smallest absolute Gasteiger partial charge is 0.237 e. The van der Waals surface area contributed by atoms with E-state index in [2.05, 4.69) is 42.3 Å². The fraction of sp³-hybridized carbons (Fsp3) is 0.226. The maximum absolute atomic E-state index is 14.0. The second-order valence-electron chi connectivity index (χ2n) is 9.75. The number of nitrogens with zero attached hydrogens (tertiary/aromatic N) is 2. The maximum atomic E-state index is 14.0. The number of para-hydroxylation sites is 1. The summed E-state index contributed by atoms with van der Waals surface area (Å²) in [6, 6.07) is 28.8. The Kier molecular flexibility index (Phi) is 6.63. The number of thiazole rings is 1. The zero-order valence-corrected chi connectivity index (χ0v) is 22.6. The van der Waals surface area contributed by atoms with Crippen LogP contribution in [-0.4, -0.2) is 28.4 Å². The molecule has 37 heavy (non-hydrogen) atoms. The van der Waals surface area contributed by atoms with Gasteiger partial charge in [0.1, 0.15) is 10.0 Å². The average Bonchev–Trinajstić information content (AvgIpc) is 3.50. The van der Waals surface area contributed by atoms with Crippen LogP contribution in [0.4, 0.5) is 5.00 Å². The Bertz CT molecular complexity index is 1470. The number of thiophene rings is 1. The minimum absolute atomic E-state index is 0.0147. The van der Waals surface area contributed by atoms with Gasteiger partial charge in [-0.15, -0.1) is 22.7 Å². The van der Waals surface area contributed by atoms with Crippen molar-refractivity contribution in [3.8, 4) is 10.6 Å². The van der Waals surface area contributed by atoms with Gasteiger partial charge in [-0.05, 0) is 49.1 Å². The monoisotopic (exact) mass is 523 g/mol. The van der Waals surface area contributed by atoms with E-state index in [0.717, 1.165) is 51.7 Å². The van der Waals surface area contributed by atoms with E-state index in [-0.39, 0.29) is 5.91 Å². The molecule has 0 saturated carbocycles. The van der Waals surface area contributed by atoms with Gasteiger partial charge in [0.05, 0.1) is 16.1 Å². The molecule has 3 aromatic carbocycles. The molecule has 1 aliphatic rings. The molecule has 6 heteroatoms. The molecule has 5 aromatic rings. The number of amides is 1. The van der Waals surface area contributed by atoms with Crippen molar-refractivity contribution in [3.63, 3.8) is 0 Å². The first kappa shape index (κ1) is 24.0. The quantitative estimate of drug-likeness (QED) is 0.250. The molecule has 0 spiro atoms. The lowest BCUT2D eigenvalue weighted by molar-refractivity contribution is -0.116. The normalized spacial score (nSPS) is 13.8. The summed E-state index contributed by atoms with van der Waals surface area (Å²) in [5.41, 5.74) is 5.43. The third-order valence-corrected chi connectivity index (χ3v) is 9.28. The average molecular weight is 524 g/mol. The highest BCUT2D eigenvalue weighted by atomic mass is 32.1. The Hall–Kier alpha value is -3.32. The summed E-state index contributed by atoms with van der Waals surface area (Å²) in [5, 5.41) is 5.28. The third kappa shape index (κ3) is 4.73. The predicted octanol–water partition coefficient (Wildman–Crippen LogP) is 7.56. The minimum Gasteiger partial charge on any atom is -0.316 e. The molecule has 1 N–H and O–H groups in total. The van der Waals surface area contributed by atoms with Gasteiger partial charge in [0, 0.05) is 29.6 Å². The van der Waals surface area contributed by atoms with Crippen molar-refractivity contribution in [2.45, 2.75) is 38.8 Å². The van der Waals surface area contributed by atoms with Gasteiger partial charge in [-0.2, -0.15) is 0 Å². The number of hydrogen-bond donors (Lipinski definition) is 1. The number of anilines is 1. The number of benzene rings is 3. The first-order chi connectivity index (χ1) is 18.1. The van der Waals surface area contributed by atoms with Gasteiger partial charge in [0.2, 0.25) is 5.91 Å². The molecule has 0 radical (unpaired) electrons. The van der Waals surface area contributed by atoms with Crippen LogP contribution >= 0.6 is 22.7 Å². The molecular weight excluding hydrogens is 494 g/mol. The Morgan fingerprint density at radius 3 is 2.19 bits per heavy atom. The van der Waals surface area contributed by atoms with Gasteiger partial charge >= 0.3 is 0 Å². The number of aromatic nitrogens is 1. The van der Waals surface area contributed by atoms with Crippen LogP contribution in [0.3, 0.4) is 0 Å². The standard InChI is InChI=1S/C31H29N3OS2/c1-20(2)34-18-17-23-26(19-34)37-31(28(23)30-32-24-15-9-10-16-25(24)36-30)33-29(35)27(21-11-5-3-6-12-21)22-13-7-4-8-14-22/h3-16,20,27H,17-19H2,1-2H3,(H,33,35). The van der Waals surface area contributed by atoms with Crippen LogP contribution in [0.25, 0.3) is 20.8 Å². The van der Waals surface area contributed by atoms with E-state index < -0.39 is 5.92 Å². The van der Waals surface area contributed by atoms with Gasteiger partial charge in [0.15, 0.2) is 0 Å². The number of hydrogen-bond acceptors (Lipinski definition) is 5. The molecule has 1 amide bonds. The molecular formula is C31H29N3OS2. The highest BCUT2D eigenvalue weighted by Gasteiger charge is 2.30. The summed E-state index contributed by atoms with van der Waals surface area (Å²) < 4.78 is 1.17. The lowest BCUT2D eigenvalue weighted by atomic mass is 9.90. The summed E-state index contributed by atoms with van der Waals surface area (Å²) in [4.78, 5) is 22.9. The molecule has 0 saturated heterocycles. The molecule has 0 aliphatic carbocycles. The Labute approximate surface area is 225 Å². The fourth-order valence-electron chi connectivity index (χ4n) is 5.13. The second kappa shape index (κ2) is 10.2. The highest BCUT2D eigenvalue weighted by Crippen LogP contribution is 2.46. The van der Waals surface area contributed by atoms with Crippen LogP contribution in [0.2, 0.25) is 0 Å². The minimum atomic E-state index is -0.392. The van der Waals surface area contributed by atoms with E-state index in [1.54, 1.807) is 22.7 Å². The van der Waals surface area contributed by atoms with Crippen molar-refractivity contribution in [2.75, 3.05) is 11.9 Å². The predicted molar refractivity (Wildman–Crippen MR) is 156 cm³/mol. The van der Waals surface area contributed by atoms with E-state index in [4.69, 9.17) is 4.98 Å². The summed E-state index contributed by atoms with van der Waals surface area (Å²) in [5.74, 6) is -0.406. The SMILES string of the molecule is CC(C)N1CCc2c(sc(NC(=O)C(c3ccccc3)c3ccccc3)c2-c2nc3ccccc3s2)C1. The number of rotatable bonds is 6. The summed E-state index contributed by atoms with van der Waals surface area (Å²) in [6.45, 7) is 6.43. The van der Waals surface area contributed by atoms with Crippen molar-refractivity contribution >= 4 is 43.8 Å². The van der Waals surface area contributed by atoms with Crippen LogP contribution in [0.15, 0.2) is 84.9 Å².